The third kappa shape index (κ3) is 2.67. The quantitative estimate of drug-likeness (QED) is 0.638. The SMILES string of the molecule is COc1cnc(CC(=O)O)c([N+](=O)[O-])c1C(F)F. The molecule has 0 saturated heterocycles. The van der Waals surface area contributed by atoms with Gasteiger partial charge in [0.2, 0.25) is 0 Å². The summed E-state index contributed by atoms with van der Waals surface area (Å²) in [6.07, 6.45) is -3.15. The normalized spacial score (nSPS) is 10.4. The number of aliphatic carboxylic acids is 1. The number of nitrogens with zero attached hydrogens (tertiary/aromatic N) is 2. The van der Waals surface area contributed by atoms with Gasteiger partial charge in [-0.2, -0.15) is 0 Å². The number of methoxy groups -OCH3 is 1. The van der Waals surface area contributed by atoms with Gasteiger partial charge in [-0.3, -0.25) is 14.9 Å². The molecule has 0 atom stereocenters. The Morgan fingerprint density at radius 3 is 2.67 bits per heavy atom. The minimum absolute atomic E-state index is 0.453. The van der Waals surface area contributed by atoms with Crippen LogP contribution < -0.4 is 4.74 Å². The molecule has 1 aromatic rings. The number of carboxylic acid groups (broad SMARTS) is 1. The molecule has 0 unspecified atom stereocenters. The monoisotopic (exact) mass is 262 g/mol. The Kier molecular flexibility index (Phi) is 4.08. The predicted molar refractivity (Wildman–Crippen MR) is 53.7 cm³/mol. The molecule has 9 heteroatoms. The van der Waals surface area contributed by atoms with Crippen LogP contribution in [0.4, 0.5) is 14.5 Å². The highest BCUT2D eigenvalue weighted by molar-refractivity contribution is 5.72. The van der Waals surface area contributed by atoms with Gasteiger partial charge in [-0.05, 0) is 0 Å². The van der Waals surface area contributed by atoms with Gasteiger partial charge in [0, 0.05) is 0 Å². The van der Waals surface area contributed by atoms with Crippen LogP contribution in [0.5, 0.6) is 5.75 Å². The molecule has 1 N–H and O–H groups in total. The summed E-state index contributed by atoms with van der Waals surface area (Å²) in [5, 5.41) is 19.3. The zero-order valence-corrected chi connectivity index (χ0v) is 9.09. The summed E-state index contributed by atoms with van der Waals surface area (Å²) in [5.41, 5.74) is -2.52. The van der Waals surface area contributed by atoms with Crippen LogP contribution in [-0.4, -0.2) is 28.1 Å². The van der Waals surface area contributed by atoms with E-state index in [1.165, 1.54) is 0 Å². The molecule has 0 aliphatic heterocycles. The van der Waals surface area contributed by atoms with Gasteiger partial charge in [0.05, 0.1) is 24.7 Å². The van der Waals surface area contributed by atoms with Crippen molar-refractivity contribution in [3.05, 3.63) is 27.6 Å². The fourth-order valence-corrected chi connectivity index (χ4v) is 1.39. The fourth-order valence-electron chi connectivity index (χ4n) is 1.39. The Hall–Kier alpha value is -2.32. The van der Waals surface area contributed by atoms with Crippen molar-refractivity contribution in [3.8, 4) is 5.75 Å². The van der Waals surface area contributed by atoms with Crippen LogP contribution in [-0.2, 0) is 11.2 Å². The molecule has 0 aliphatic carbocycles. The molecule has 98 valence electrons. The van der Waals surface area contributed by atoms with Gasteiger partial charge >= 0.3 is 11.7 Å². The molecule has 1 heterocycles. The summed E-state index contributed by atoms with van der Waals surface area (Å²) in [7, 11) is 1.06. The number of carbonyl (C=O) groups is 1. The molecule has 1 rings (SSSR count). The topological polar surface area (TPSA) is 103 Å². The van der Waals surface area contributed by atoms with E-state index >= 15 is 0 Å². The van der Waals surface area contributed by atoms with Gasteiger partial charge < -0.3 is 9.84 Å². The summed E-state index contributed by atoms with van der Waals surface area (Å²) < 4.78 is 30.1. The van der Waals surface area contributed by atoms with Crippen molar-refractivity contribution < 1.29 is 28.3 Å². The van der Waals surface area contributed by atoms with Crippen LogP contribution >= 0.6 is 0 Å². The van der Waals surface area contributed by atoms with Crippen LogP contribution in [0, 0.1) is 10.1 Å². The number of alkyl halides is 2. The van der Waals surface area contributed by atoms with E-state index in [1.807, 2.05) is 0 Å². The highest BCUT2D eigenvalue weighted by atomic mass is 19.3. The van der Waals surface area contributed by atoms with Crippen molar-refractivity contribution in [2.75, 3.05) is 7.11 Å². The molecule has 0 aliphatic rings. The molecule has 7 nitrogen and oxygen atoms in total. The van der Waals surface area contributed by atoms with Gasteiger partial charge in [0.15, 0.2) is 5.75 Å². The number of rotatable bonds is 5. The van der Waals surface area contributed by atoms with Gasteiger partial charge in [-0.1, -0.05) is 0 Å². The zero-order valence-electron chi connectivity index (χ0n) is 9.09. The first-order chi connectivity index (χ1) is 8.38. The molecule has 0 amide bonds. The molecule has 0 fully saturated rings. The largest absolute Gasteiger partial charge is 0.494 e. The third-order valence-electron chi connectivity index (χ3n) is 2.07. The van der Waals surface area contributed by atoms with E-state index in [0.29, 0.717) is 0 Å². The van der Waals surface area contributed by atoms with Crippen molar-refractivity contribution in [1.82, 2.24) is 4.98 Å². The molecule has 0 bridgehead atoms. The number of hydrogen-bond donors (Lipinski definition) is 1. The zero-order chi connectivity index (χ0) is 13.9. The van der Waals surface area contributed by atoms with Crippen molar-refractivity contribution in [1.29, 1.82) is 0 Å². The summed E-state index contributed by atoms with van der Waals surface area (Å²) in [6, 6.07) is 0. The number of hydrogen-bond acceptors (Lipinski definition) is 5. The van der Waals surface area contributed by atoms with Crippen molar-refractivity contribution >= 4 is 11.7 Å². The second-order valence-corrected chi connectivity index (χ2v) is 3.16. The molecule has 1 aromatic heterocycles. The molecule has 0 aromatic carbocycles. The number of nitro groups is 1. The minimum atomic E-state index is -3.17. The summed E-state index contributed by atoms with van der Waals surface area (Å²) in [6.45, 7) is 0. The van der Waals surface area contributed by atoms with Crippen molar-refractivity contribution in [2.24, 2.45) is 0 Å². The lowest BCUT2D eigenvalue weighted by atomic mass is 10.1. The molecule has 18 heavy (non-hydrogen) atoms. The highest BCUT2D eigenvalue weighted by Crippen LogP contribution is 2.38. The predicted octanol–water partition coefficient (Wildman–Crippen LogP) is 1.56. The van der Waals surface area contributed by atoms with Crippen LogP contribution in [0.15, 0.2) is 6.20 Å². The molecule has 0 radical (unpaired) electrons. The van der Waals surface area contributed by atoms with Gasteiger partial charge in [-0.25, -0.2) is 13.8 Å². The second kappa shape index (κ2) is 5.34. The minimum Gasteiger partial charge on any atom is -0.494 e. The van der Waals surface area contributed by atoms with Gasteiger partial charge in [0.25, 0.3) is 6.43 Å². The lowest BCUT2D eigenvalue weighted by Crippen LogP contribution is -2.10. The Morgan fingerprint density at radius 1 is 1.67 bits per heavy atom. The Labute approximate surface area is 99.2 Å². The first-order valence-corrected chi connectivity index (χ1v) is 4.58. The smallest absolute Gasteiger partial charge is 0.309 e. The summed E-state index contributed by atoms with van der Waals surface area (Å²) >= 11 is 0. The van der Waals surface area contributed by atoms with E-state index in [2.05, 4.69) is 9.72 Å². The van der Waals surface area contributed by atoms with E-state index in [4.69, 9.17) is 5.11 Å². The molecule has 0 saturated carbocycles. The number of halogens is 2. The van der Waals surface area contributed by atoms with Crippen LogP contribution in [0.2, 0.25) is 0 Å². The Morgan fingerprint density at radius 2 is 2.28 bits per heavy atom. The van der Waals surface area contributed by atoms with E-state index in [-0.39, 0.29) is 0 Å². The standard InChI is InChI=1S/C9H8F2N2O5/c1-18-5-3-12-4(2-6(14)15)8(13(16)17)7(5)9(10)11/h3,9H,2H2,1H3,(H,14,15). The maximum absolute atomic E-state index is 12.8. The van der Waals surface area contributed by atoms with Gasteiger partial charge in [-0.15, -0.1) is 0 Å². The van der Waals surface area contributed by atoms with Crippen LogP contribution in [0.3, 0.4) is 0 Å². The Bertz CT molecular complexity index is 492. The van der Waals surface area contributed by atoms with Crippen molar-refractivity contribution in [2.45, 2.75) is 12.8 Å². The second-order valence-electron chi connectivity index (χ2n) is 3.16. The van der Waals surface area contributed by atoms with E-state index < -0.39 is 46.4 Å². The van der Waals surface area contributed by atoms with E-state index in [9.17, 15) is 23.7 Å². The van der Waals surface area contributed by atoms with Crippen LogP contribution in [0.1, 0.15) is 17.7 Å². The number of carboxylic acids is 1. The lowest BCUT2D eigenvalue weighted by Gasteiger charge is -2.09. The number of pyridine rings is 1. The summed E-state index contributed by atoms with van der Waals surface area (Å²) in [4.78, 5) is 23.7. The van der Waals surface area contributed by atoms with Crippen molar-refractivity contribution in [3.63, 3.8) is 0 Å². The molecule has 0 spiro atoms. The highest BCUT2D eigenvalue weighted by Gasteiger charge is 2.31. The molecular formula is C9H8F2N2O5. The number of ether oxygens (including phenoxy) is 1. The van der Waals surface area contributed by atoms with E-state index in [1.54, 1.807) is 0 Å². The third-order valence-corrected chi connectivity index (χ3v) is 2.07. The molecular weight excluding hydrogens is 254 g/mol. The lowest BCUT2D eigenvalue weighted by molar-refractivity contribution is -0.387. The first-order valence-electron chi connectivity index (χ1n) is 4.58. The summed E-state index contributed by atoms with van der Waals surface area (Å²) in [5.74, 6) is -1.86. The average Bonchev–Trinajstić information content (AvgIpc) is 2.26. The maximum Gasteiger partial charge on any atom is 0.309 e. The van der Waals surface area contributed by atoms with E-state index in [0.717, 1.165) is 13.3 Å². The first kappa shape index (κ1) is 13.7. The number of aromatic nitrogens is 1. The van der Waals surface area contributed by atoms with Gasteiger partial charge in [0.1, 0.15) is 11.3 Å². The van der Waals surface area contributed by atoms with Crippen LogP contribution in [0.25, 0.3) is 0 Å². The maximum atomic E-state index is 12.8. The Balaban J connectivity index is 3.51. The fraction of sp³-hybridized carbons (Fsp3) is 0.333. The average molecular weight is 262 g/mol.